The average molecular weight is 696 g/mol. The molecule has 2 aromatic heterocycles. The molecule has 5 heterocycles. The molecule has 0 atom stereocenters. The molecule has 52 heavy (non-hydrogen) atoms. The zero-order valence-electron chi connectivity index (χ0n) is 28.2. The van der Waals surface area contributed by atoms with Gasteiger partial charge in [0.15, 0.2) is 6.73 Å². The number of fused-ring (bicyclic) bond motifs is 4. The molecule has 0 radical (unpaired) electrons. The number of esters is 1. The molecule has 0 saturated carbocycles. The number of nitrogens with zero attached hydrogens (tertiary/aromatic N) is 5. The first-order valence-corrected chi connectivity index (χ1v) is 16.8. The molecule has 260 valence electrons. The van der Waals surface area contributed by atoms with Crippen LogP contribution in [-0.2, 0) is 27.7 Å². The topological polar surface area (TPSA) is 148 Å². The normalized spacial score (nSPS) is 15.2. The van der Waals surface area contributed by atoms with Crippen molar-refractivity contribution in [2.75, 3.05) is 26.3 Å². The lowest BCUT2D eigenvalue weighted by atomic mass is 10.0. The number of morpholine rings is 1. The van der Waals surface area contributed by atoms with Gasteiger partial charge in [-0.25, -0.2) is 9.98 Å². The van der Waals surface area contributed by atoms with Crippen LogP contribution in [0.3, 0.4) is 0 Å². The van der Waals surface area contributed by atoms with Crippen molar-refractivity contribution in [3.63, 3.8) is 0 Å². The van der Waals surface area contributed by atoms with Crippen LogP contribution in [0.2, 0.25) is 0 Å². The van der Waals surface area contributed by atoms with Crippen LogP contribution in [0.1, 0.15) is 38.8 Å². The molecule has 12 heteroatoms. The number of benzene rings is 4. The molecule has 1 saturated heterocycles. The van der Waals surface area contributed by atoms with E-state index >= 15 is 0 Å². The number of ether oxygens (including phenoxy) is 2. The fourth-order valence-electron chi connectivity index (χ4n) is 6.88. The summed E-state index contributed by atoms with van der Waals surface area (Å²) in [5.41, 5.74) is 5.24. The number of carbonyl (C=O) groups excluding carboxylic acids is 3. The Balaban J connectivity index is 0.000000149. The zero-order valence-corrected chi connectivity index (χ0v) is 28.2. The first kappa shape index (κ1) is 32.8. The van der Waals surface area contributed by atoms with Gasteiger partial charge in [0.05, 0.1) is 53.4 Å². The molecule has 1 fully saturated rings. The van der Waals surface area contributed by atoms with E-state index in [0.29, 0.717) is 70.1 Å². The van der Waals surface area contributed by atoms with Gasteiger partial charge in [0.2, 0.25) is 23.3 Å². The van der Waals surface area contributed by atoms with E-state index in [0.717, 1.165) is 24.0 Å². The van der Waals surface area contributed by atoms with Gasteiger partial charge in [-0.2, -0.15) is 0 Å². The van der Waals surface area contributed by atoms with E-state index in [2.05, 4.69) is 14.9 Å². The molecule has 0 unspecified atom stereocenters. The van der Waals surface area contributed by atoms with E-state index < -0.39 is 5.97 Å². The minimum absolute atomic E-state index is 0.0857. The number of Topliss-reactive ketones (excluding diaryl/α,β-unsaturated/α-hetero) is 2. The summed E-state index contributed by atoms with van der Waals surface area (Å²) in [5, 5.41) is 23.3. The summed E-state index contributed by atoms with van der Waals surface area (Å²) in [7, 11) is 0. The molecule has 0 bridgehead atoms. The first-order chi connectivity index (χ1) is 25.3. The highest BCUT2D eigenvalue weighted by Crippen LogP contribution is 2.39. The van der Waals surface area contributed by atoms with Crippen molar-refractivity contribution in [3.05, 3.63) is 119 Å². The van der Waals surface area contributed by atoms with E-state index in [1.54, 1.807) is 36.4 Å². The van der Waals surface area contributed by atoms with Gasteiger partial charge < -0.3 is 19.7 Å². The molecule has 12 nitrogen and oxygen atoms in total. The fourth-order valence-corrected chi connectivity index (χ4v) is 6.88. The molecular weight excluding hydrogens is 662 g/mol. The van der Waals surface area contributed by atoms with Crippen molar-refractivity contribution in [1.29, 1.82) is 0 Å². The molecule has 3 aliphatic rings. The van der Waals surface area contributed by atoms with Crippen LogP contribution in [0.4, 0.5) is 11.4 Å². The maximum Gasteiger partial charge on any atom is 0.304 e. The Bertz CT molecular complexity index is 2490. The predicted octanol–water partition coefficient (Wildman–Crippen LogP) is 6.14. The summed E-state index contributed by atoms with van der Waals surface area (Å²) >= 11 is 0. The van der Waals surface area contributed by atoms with Gasteiger partial charge in [-0.15, -0.1) is 0 Å². The van der Waals surface area contributed by atoms with Gasteiger partial charge in [-0.3, -0.25) is 28.4 Å². The summed E-state index contributed by atoms with van der Waals surface area (Å²) in [6.45, 7) is 4.70. The summed E-state index contributed by atoms with van der Waals surface area (Å²) in [5.74, 6) is -0.901. The van der Waals surface area contributed by atoms with Crippen LogP contribution in [0.25, 0.3) is 21.8 Å². The fraction of sp³-hybridized carbons (Fsp3) is 0.175. The number of para-hydroxylation sites is 4. The predicted molar refractivity (Wildman–Crippen MR) is 195 cm³/mol. The third kappa shape index (κ3) is 5.63. The van der Waals surface area contributed by atoms with Crippen molar-refractivity contribution < 1.29 is 34.1 Å². The third-order valence-corrected chi connectivity index (χ3v) is 9.39. The molecule has 0 spiro atoms. The molecule has 9 rings (SSSR count). The maximum absolute atomic E-state index is 12.9. The summed E-state index contributed by atoms with van der Waals surface area (Å²) in [6, 6.07) is 29.3. The lowest BCUT2D eigenvalue weighted by Gasteiger charge is -2.27. The van der Waals surface area contributed by atoms with E-state index in [4.69, 9.17) is 9.47 Å². The van der Waals surface area contributed by atoms with Crippen molar-refractivity contribution in [2.24, 2.45) is 9.98 Å². The van der Waals surface area contributed by atoms with E-state index in [1.165, 1.54) is 11.5 Å². The van der Waals surface area contributed by atoms with Crippen molar-refractivity contribution >= 4 is 62.1 Å². The summed E-state index contributed by atoms with van der Waals surface area (Å²) in [6.07, 6.45) is 0. The van der Waals surface area contributed by atoms with Gasteiger partial charge >= 0.3 is 5.97 Å². The lowest BCUT2D eigenvalue weighted by molar-refractivity contribution is -0.144. The maximum atomic E-state index is 12.9. The van der Waals surface area contributed by atoms with Crippen LogP contribution in [0.15, 0.2) is 107 Å². The quantitative estimate of drug-likeness (QED) is 0.198. The number of carbonyl (C=O) groups is 3. The van der Waals surface area contributed by atoms with Crippen LogP contribution >= 0.6 is 0 Å². The number of ketones is 2. The summed E-state index contributed by atoms with van der Waals surface area (Å²) < 4.78 is 13.7. The zero-order chi connectivity index (χ0) is 35.9. The molecular formula is C40H33N5O7. The highest BCUT2D eigenvalue weighted by atomic mass is 16.5. The Morgan fingerprint density at radius 3 is 1.67 bits per heavy atom. The van der Waals surface area contributed by atoms with Gasteiger partial charge in [0.1, 0.15) is 11.4 Å². The Morgan fingerprint density at radius 1 is 0.692 bits per heavy atom. The number of hydrogen-bond donors (Lipinski definition) is 2. The first-order valence-electron chi connectivity index (χ1n) is 16.8. The number of rotatable bonds is 6. The van der Waals surface area contributed by atoms with Crippen molar-refractivity contribution in [3.8, 4) is 11.8 Å². The number of aromatic hydroxyl groups is 2. The second kappa shape index (κ2) is 13.4. The minimum Gasteiger partial charge on any atom is -0.494 e. The summed E-state index contributed by atoms with van der Waals surface area (Å²) in [4.78, 5) is 48.0. The van der Waals surface area contributed by atoms with E-state index in [1.807, 2.05) is 65.2 Å². The molecule has 0 amide bonds. The second-order valence-corrected chi connectivity index (χ2v) is 12.5. The standard InChI is InChI=1S/C21H19N3O3.C19H14N2O4/c25-20-14-5-1-3-7-16(14)22-19(20)18-15-6-2-4-8-17(15)24(21(18)26)13-23-9-11-27-12-10-23;1-11(22)25-10-21-15-9-5-3-7-13(15)16(19(21)24)17-18(23)12-6-2-4-8-14(12)20-17/h1-8,26H,9-13H2;2-9,24H,10H2,1H3. The Morgan fingerprint density at radius 2 is 1.15 bits per heavy atom. The molecule has 3 aliphatic heterocycles. The molecule has 2 N–H and O–H groups in total. The number of aromatic nitrogens is 2. The van der Waals surface area contributed by atoms with Gasteiger partial charge in [0, 0.05) is 41.9 Å². The molecule has 0 aliphatic carbocycles. The second-order valence-electron chi connectivity index (χ2n) is 12.5. The molecule has 6 aromatic rings. The van der Waals surface area contributed by atoms with Crippen LogP contribution in [0.5, 0.6) is 11.8 Å². The number of aliphatic imine (C=N–C) groups is 2. The van der Waals surface area contributed by atoms with Crippen molar-refractivity contribution in [1.82, 2.24) is 14.0 Å². The average Bonchev–Trinajstić information content (AvgIpc) is 3.85. The SMILES string of the molecule is CC(=O)OCn1c(O)c(C2=Nc3ccccc3C2=O)c2ccccc21.O=C1C(c2c(O)n(CN3CCOCC3)c3ccccc23)=Nc2ccccc21. The van der Waals surface area contributed by atoms with Gasteiger partial charge in [-0.05, 0) is 36.4 Å². The highest BCUT2D eigenvalue weighted by Gasteiger charge is 2.33. The van der Waals surface area contributed by atoms with Gasteiger partial charge in [-0.1, -0.05) is 60.7 Å². The Hall–Kier alpha value is -6.37. The highest BCUT2D eigenvalue weighted by molar-refractivity contribution is 6.57. The van der Waals surface area contributed by atoms with Crippen molar-refractivity contribution in [2.45, 2.75) is 20.3 Å². The number of hydrogen-bond acceptors (Lipinski definition) is 10. The largest absolute Gasteiger partial charge is 0.494 e. The van der Waals surface area contributed by atoms with Crippen LogP contribution in [-0.4, -0.2) is 79.5 Å². The van der Waals surface area contributed by atoms with E-state index in [-0.39, 0.29) is 35.8 Å². The Labute approximate surface area is 297 Å². The Kier molecular flexibility index (Phi) is 8.45. The van der Waals surface area contributed by atoms with Gasteiger partial charge in [0.25, 0.3) is 0 Å². The van der Waals surface area contributed by atoms with E-state index in [9.17, 15) is 24.6 Å². The smallest absolute Gasteiger partial charge is 0.304 e. The minimum atomic E-state index is -0.458. The monoisotopic (exact) mass is 695 g/mol. The third-order valence-electron chi connectivity index (χ3n) is 9.39. The van der Waals surface area contributed by atoms with Crippen LogP contribution in [0, 0.1) is 0 Å². The van der Waals surface area contributed by atoms with Crippen LogP contribution < -0.4 is 0 Å². The lowest BCUT2D eigenvalue weighted by Crippen LogP contribution is -2.37. The molecule has 4 aromatic carbocycles.